The molecule has 3 rings (SSSR count). The molecule has 2 aromatic rings. The predicted octanol–water partition coefficient (Wildman–Crippen LogP) is 0.973. The van der Waals surface area contributed by atoms with Crippen molar-refractivity contribution < 1.29 is 8.42 Å². The highest BCUT2D eigenvalue weighted by molar-refractivity contribution is 7.89. The molecule has 0 bridgehead atoms. The number of hydrogen-bond acceptors (Lipinski definition) is 6. The Bertz CT molecular complexity index is 826. The largest absolute Gasteiger partial charge is 0.368 e. The van der Waals surface area contributed by atoms with Gasteiger partial charge in [0.05, 0.1) is 23.8 Å². The van der Waals surface area contributed by atoms with Gasteiger partial charge in [0.15, 0.2) is 5.82 Å². The lowest BCUT2D eigenvalue weighted by molar-refractivity contribution is 0.212. The monoisotopic (exact) mass is 350 g/mol. The molecule has 0 amide bonds. The predicted molar refractivity (Wildman–Crippen MR) is 91.6 cm³/mol. The summed E-state index contributed by atoms with van der Waals surface area (Å²) in [7, 11) is -3.06. The summed E-state index contributed by atoms with van der Waals surface area (Å²) in [4.78, 5) is 8.73. The van der Waals surface area contributed by atoms with Gasteiger partial charge in [-0.05, 0) is 26.8 Å². The number of nitrogens with one attached hydrogen (secondary N) is 1. The summed E-state index contributed by atoms with van der Waals surface area (Å²) in [5.41, 5.74) is 1.93. The molecular formula is C15H22N6O2S. The van der Waals surface area contributed by atoms with Crippen LogP contribution in [-0.4, -0.2) is 57.9 Å². The van der Waals surface area contributed by atoms with E-state index in [4.69, 9.17) is 0 Å². The summed E-state index contributed by atoms with van der Waals surface area (Å²) in [6, 6.07) is 1.99. The normalized spacial score (nSPS) is 16.1. The van der Waals surface area contributed by atoms with Crippen LogP contribution in [0.5, 0.6) is 0 Å². The molecule has 2 aromatic heterocycles. The van der Waals surface area contributed by atoms with Crippen LogP contribution in [0.25, 0.3) is 5.82 Å². The number of nitrogens with zero attached hydrogens (tertiary/aromatic N) is 5. The van der Waals surface area contributed by atoms with Gasteiger partial charge in [0.25, 0.3) is 0 Å². The van der Waals surface area contributed by atoms with Gasteiger partial charge < -0.3 is 5.32 Å². The molecule has 0 aromatic carbocycles. The van der Waals surface area contributed by atoms with E-state index in [1.807, 2.05) is 19.9 Å². The highest BCUT2D eigenvalue weighted by atomic mass is 32.2. The number of aromatic nitrogens is 4. The number of sulfonamides is 1. The van der Waals surface area contributed by atoms with Crippen molar-refractivity contribution in [3.05, 3.63) is 29.8 Å². The van der Waals surface area contributed by atoms with E-state index in [9.17, 15) is 8.42 Å². The van der Waals surface area contributed by atoms with Gasteiger partial charge in [0.1, 0.15) is 5.82 Å². The molecule has 24 heavy (non-hydrogen) atoms. The zero-order valence-electron chi connectivity index (χ0n) is 14.1. The summed E-state index contributed by atoms with van der Waals surface area (Å²) in [5, 5.41) is 7.64. The maximum Gasteiger partial charge on any atom is 0.213 e. The second-order valence-electron chi connectivity index (χ2n) is 6.07. The van der Waals surface area contributed by atoms with Crippen molar-refractivity contribution in [1.29, 1.82) is 0 Å². The second-order valence-corrected chi connectivity index (χ2v) is 8.32. The van der Waals surface area contributed by atoms with Crippen LogP contribution in [0.15, 0.2) is 18.5 Å². The van der Waals surface area contributed by atoms with Crippen LogP contribution in [0.4, 0.5) is 5.82 Å². The first-order valence-electron chi connectivity index (χ1n) is 7.96. The lowest BCUT2D eigenvalue weighted by atomic mass is 10.0. The average Bonchev–Trinajstić information content (AvgIpc) is 2.84. The van der Waals surface area contributed by atoms with Gasteiger partial charge in [-0.25, -0.2) is 22.4 Å². The number of rotatable bonds is 6. The lowest BCUT2D eigenvalue weighted by Crippen LogP contribution is -2.52. The Kier molecular flexibility index (Phi) is 4.55. The van der Waals surface area contributed by atoms with Gasteiger partial charge in [-0.2, -0.15) is 5.10 Å². The van der Waals surface area contributed by atoms with Crippen molar-refractivity contribution in [1.82, 2.24) is 24.1 Å². The molecule has 9 heteroatoms. The Hall–Kier alpha value is -2.00. The summed E-state index contributed by atoms with van der Waals surface area (Å²) in [6.07, 6.45) is 3.33. The summed E-state index contributed by atoms with van der Waals surface area (Å²) >= 11 is 0. The van der Waals surface area contributed by atoms with Crippen LogP contribution >= 0.6 is 0 Å². The maximum atomic E-state index is 11.7. The van der Waals surface area contributed by atoms with Gasteiger partial charge in [-0.15, -0.1) is 0 Å². The van der Waals surface area contributed by atoms with E-state index >= 15 is 0 Å². The van der Waals surface area contributed by atoms with Crippen LogP contribution in [0, 0.1) is 19.8 Å². The third kappa shape index (κ3) is 3.41. The minimum Gasteiger partial charge on any atom is -0.368 e. The molecule has 1 aliphatic rings. The van der Waals surface area contributed by atoms with Crippen molar-refractivity contribution in [3.63, 3.8) is 0 Å². The molecule has 1 fully saturated rings. The topological polar surface area (TPSA) is 93.0 Å². The smallest absolute Gasteiger partial charge is 0.213 e. The van der Waals surface area contributed by atoms with Crippen LogP contribution in [0.3, 0.4) is 0 Å². The quantitative estimate of drug-likeness (QED) is 0.834. The molecule has 1 saturated heterocycles. The lowest BCUT2D eigenvalue weighted by Gasteiger charge is -2.37. The van der Waals surface area contributed by atoms with Crippen molar-refractivity contribution in [3.8, 4) is 5.82 Å². The fourth-order valence-corrected chi connectivity index (χ4v) is 3.95. The SMILES string of the molecule is CCS(=O)(=O)N1CC(CNc2cncc(-n3nc(C)cc3C)n2)C1. The minimum atomic E-state index is -3.06. The first kappa shape index (κ1) is 16.8. The second kappa shape index (κ2) is 6.48. The zero-order valence-corrected chi connectivity index (χ0v) is 14.9. The Labute approximate surface area is 142 Å². The molecule has 0 aliphatic carbocycles. The Morgan fingerprint density at radius 1 is 1.29 bits per heavy atom. The molecule has 3 heterocycles. The highest BCUT2D eigenvalue weighted by Gasteiger charge is 2.34. The van der Waals surface area contributed by atoms with Crippen LogP contribution in [0.2, 0.25) is 0 Å². The molecule has 1 aliphatic heterocycles. The van der Waals surface area contributed by atoms with Crippen molar-refractivity contribution >= 4 is 15.8 Å². The Balaban J connectivity index is 1.60. The van der Waals surface area contributed by atoms with Gasteiger partial charge in [-0.1, -0.05) is 0 Å². The Morgan fingerprint density at radius 3 is 2.67 bits per heavy atom. The maximum absolute atomic E-state index is 11.7. The van der Waals surface area contributed by atoms with Gasteiger partial charge >= 0.3 is 0 Å². The minimum absolute atomic E-state index is 0.156. The Morgan fingerprint density at radius 2 is 2.04 bits per heavy atom. The fourth-order valence-electron chi connectivity index (χ4n) is 2.71. The van der Waals surface area contributed by atoms with Crippen molar-refractivity contribution in [2.24, 2.45) is 5.92 Å². The number of anilines is 1. The van der Waals surface area contributed by atoms with Crippen molar-refractivity contribution in [2.45, 2.75) is 20.8 Å². The molecule has 8 nitrogen and oxygen atoms in total. The summed E-state index contributed by atoms with van der Waals surface area (Å²) in [6.45, 7) is 7.37. The molecule has 0 spiro atoms. The van der Waals surface area contributed by atoms with Crippen LogP contribution in [0.1, 0.15) is 18.3 Å². The number of aryl methyl sites for hydroxylation is 2. The fraction of sp³-hybridized carbons (Fsp3) is 0.533. The van der Waals surface area contributed by atoms with E-state index < -0.39 is 10.0 Å². The molecule has 0 unspecified atom stereocenters. The average molecular weight is 350 g/mol. The third-order valence-electron chi connectivity index (χ3n) is 4.10. The van der Waals surface area contributed by atoms with E-state index in [1.165, 1.54) is 4.31 Å². The van der Waals surface area contributed by atoms with Crippen LogP contribution in [-0.2, 0) is 10.0 Å². The molecule has 0 radical (unpaired) electrons. The van der Waals surface area contributed by atoms with Gasteiger partial charge in [-0.3, -0.25) is 4.98 Å². The third-order valence-corrected chi connectivity index (χ3v) is 5.92. The van der Waals surface area contributed by atoms with E-state index in [0.29, 0.717) is 37.2 Å². The van der Waals surface area contributed by atoms with Crippen LogP contribution < -0.4 is 5.32 Å². The van der Waals surface area contributed by atoms with E-state index in [0.717, 1.165) is 11.4 Å². The van der Waals surface area contributed by atoms with Gasteiger partial charge in [0.2, 0.25) is 10.0 Å². The summed E-state index contributed by atoms with van der Waals surface area (Å²) in [5.74, 6) is 1.78. The van der Waals surface area contributed by atoms with Gasteiger partial charge in [0, 0.05) is 31.2 Å². The van der Waals surface area contributed by atoms with E-state index in [-0.39, 0.29) is 5.75 Å². The molecule has 130 valence electrons. The summed E-state index contributed by atoms with van der Waals surface area (Å²) < 4.78 is 26.7. The highest BCUT2D eigenvalue weighted by Crippen LogP contribution is 2.20. The standard InChI is InChI=1S/C15H22N6O2S/c1-4-24(22,23)20-9-13(10-20)6-17-14-7-16-8-15(18-14)21-12(3)5-11(2)19-21/h5,7-8,13H,4,6,9-10H2,1-3H3,(H,17,18). The zero-order chi connectivity index (χ0) is 17.3. The first-order valence-corrected chi connectivity index (χ1v) is 9.57. The molecule has 0 saturated carbocycles. The van der Waals surface area contributed by atoms with E-state index in [1.54, 1.807) is 24.0 Å². The molecule has 1 N–H and O–H groups in total. The molecular weight excluding hydrogens is 328 g/mol. The molecule has 0 atom stereocenters. The first-order chi connectivity index (χ1) is 11.4. The van der Waals surface area contributed by atoms with Crippen molar-refractivity contribution in [2.75, 3.05) is 30.7 Å². The van der Waals surface area contributed by atoms with E-state index in [2.05, 4.69) is 20.4 Å². The number of hydrogen-bond donors (Lipinski definition) is 1.